The molecule has 2 heteroatoms. The fourth-order valence-corrected chi connectivity index (χ4v) is 1.00. The summed E-state index contributed by atoms with van der Waals surface area (Å²) in [6.07, 6.45) is 0. The highest BCUT2D eigenvalue weighted by molar-refractivity contribution is 6.30. The molecule has 0 aliphatic heterocycles. The van der Waals surface area contributed by atoms with Gasteiger partial charge in [0, 0.05) is 5.02 Å². The lowest BCUT2D eigenvalue weighted by Gasteiger charge is -1.94. The first-order valence-corrected chi connectivity index (χ1v) is 3.02. The molecule has 0 bridgehead atoms. The Kier molecular flexibility index (Phi) is 1.63. The number of aryl methyl sites for hydroxylation is 1. The van der Waals surface area contributed by atoms with Gasteiger partial charge in [-0.1, -0.05) is 11.6 Å². The molecule has 0 saturated carbocycles. The average Bonchev–Trinajstić information content (AvgIpc) is 1.59. The summed E-state index contributed by atoms with van der Waals surface area (Å²) in [5, 5.41) is 9.49. The number of halogens is 1. The number of benzene rings is 1. The standard InChI is InChI=1S/C7H7ClO/c1-5-2-6(8)4-7(9)3-5/h2-4,9H,1H3. The van der Waals surface area contributed by atoms with Gasteiger partial charge in [-0.25, -0.2) is 0 Å². The summed E-state index contributed by atoms with van der Waals surface area (Å²) in [4.78, 5) is 0. The van der Waals surface area contributed by atoms with Crippen molar-refractivity contribution >= 4 is 11.6 Å². The van der Waals surface area contributed by atoms with Crippen molar-refractivity contribution in [2.24, 2.45) is 0 Å². The summed E-state index contributed by atoms with van der Waals surface area (Å²) in [7, 11) is 0. The molecule has 1 N–H and O–H groups in total. The van der Waals surface area contributed by atoms with E-state index in [-0.39, 0.29) is 5.75 Å². The fraction of sp³-hybridized carbons (Fsp3) is 0.143. The summed E-state index contributed by atoms with van der Waals surface area (Å²) in [5.41, 5.74) is 0.972. The van der Waals surface area contributed by atoms with Crippen LogP contribution in [0.1, 0.15) is 5.56 Å². The van der Waals surface area contributed by atoms with Crippen molar-refractivity contribution < 1.29 is 5.11 Å². The molecule has 1 aromatic rings. The first kappa shape index (κ1) is 6.43. The van der Waals surface area contributed by atoms with Crippen molar-refractivity contribution in [3.8, 4) is 5.75 Å². The Morgan fingerprint density at radius 1 is 1.33 bits per heavy atom. The minimum atomic E-state index is 0.222. The molecule has 1 nitrogen and oxygen atoms in total. The number of rotatable bonds is 0. The van der Waals surface area contributed by atoms with E-state index in [0.717, 1.165) is 5.56 Å². The number of hydrogen-bond donors (Lipinski definition) is 1. The van der Waals surface area contributed by atoms with Crippen molar-refractivity contribution in [1.82, 2.24) is 0 Å². The van der Waals surface area contributed by atoms with Crippen molar-refractivity contribution in [2.45, 2.75) is 6.92 Å². The summed E-state index contributed by atoms with van der Waals surface area (Å²) in [6, 6.07) is 4.96. The van der Waals surface area contributed by atoms with E-state index in [9.17, 15) is 0 Å². The molecular formula is C7H7ClO. The monoisotopic (exact) mass is 142 g/mol. The Morgan fingerprint density at radius 3 is 2.44 bits per heavy atom. The number of hydrogen-bond acceptors (Lipinski definition) is 1. The number of phenols is 1. The lowest BCUT2D eigenvalue weighted by molar-refractivity contribution is 0.475. The van der Waals surface area contributed by atoms with E-state index in [0.29, 0.717) is 5.02 Å². The van der Waals surface area contributed by atoms with E-state index in [1.165, 1.54) is 6.07 Å². The molecule has 0 aromatic heterocycles. The van der Waals surface area contributed by atoms with Gasteiger partial charge < -0.3 is 5.11 Å². The van der Waals surface area contributed by atoms with Gasteiger partial charge in [0.25, 0.3) is 0 Å². The van der Waals surface area contributed by atoms with Crippen molar-refractivity contribution in [3.63, 3.8) is 0 Å². The molecule has 0 aliphatic rings. The smallest absolute Gasteiger partial charge is 0.117 e. The van der Waals surface area contributed by atoms with Crippen LogP contribution in [0.4, 0.5) is 0 Å². The molecule has 1 rings (SSSR count). The van der Waals surface area contributed by atoms with Gasteiger partial charge in [-0.15, -0.1) is 0 Å². The normalized spacial score (nSPS) is 9.56. The molecule has 0 atom stereocenters. The molecular weight excluding hydrogens is 136 g/mol. The minimum absolute atomic E-state index is 0.222. The second-order valence-corrected chi connectivity index (χ2v) is 2.42. The van der Waals surface area contributed by atoms with Crippen LogP contribution in [0, 0.1) is 6.92 Å². The van der Waals surface area contributed by atoms with E-state index < -0.39 is 0 Å². The molecule has 9 heavy (non-hydrogen) atoms. The lowest BCUT2D eigenvalue weighted by atomic mass is 10.2. The van der Waals surface area contributed by atoms with Crippen molar-refractivity contribution in [3.05, 3.63) is 28.8 Å². The van der Waals surface area contributed by atoms with E-state index >= 15 is 0 Å². The van der Waals surface area contributed by atoms with Crippen LogP contribution in [0.15, 0.2) is 18.2 Å². The van der Waals surface area contributed by atoms with Gasteiger partial charge in [-0.3, -0.25) is 0 Å². The number of aromatic hydroxyl groups is 1. The molecule has 0 saturated heterocycles. The van der Waals surface area contributed by atoms with Gasteiger partial charge in [-0.2, -0.15) is 0 Å². The zero-order valence-corrected chi connectivity index (χ0v) is 5.81. The van der Waals surface area contributed by atoms with Crippen LogP contribution in [-0.4, -0.2) is 5.11 Å². The Hall–Kier alpha value is -0.690. The van der Waals surface area contributed by atoms with Crippen LogP contribution >= 0.6 is 11.6 Å². The Balaban J connectivity index is 3.17. The van der Waals surface area contributed by atoms with Gasteiger partial charge in [0.1, 0.15) is 5.75 Å². The second kappa shape index (κ2) is 2.28. The predicted octanol–water partition coefficient (Wildman–Crippen LogP) is 2.35. The molecule has 0 unspecified atom stereocenters. The summed E-state index contributed by atoms with van der Waals surface area (Å²) < 4.78 is 0. The average molecular weight is 143 g/mol. The lowest BCUT2D eigenvalue weighted by Crippen LogP contribution is -1.70. The first-order chi connectivity index (χ1) is 4.18. The Bertz CT molecular complexity index is 170. The molecule has 0 fully saturated rings. The van der Waals surface area contributed by atoms with Crippen molar-refractivity contribution in [2.75, 3.05) is 0 Å². The van der Waals surface area contributed by atoms with Crippen LogP contribution in [-0.2, 0) is 0 Å². The zero-order chi connectivity index (χ0) is 6.85. The Morgan fingerprint density at radius 2 is 2.00 bits per heavy atom. The maximum atomic E-state index is 8.91. The quantitative estimate of drug-likeness (QED) is 0.590. The molecule has 0 amide bonds. The van der Waals surface area contributed by atoms with Gasteiger partial charge in [0.15, 0.2) is 0 Å². The first-order valence-electron chi connectivity index (χ1n) is 2.64. The molecule has 0 spiro atoms. The van der Waals surface area contributed by atoms with Gasteiger partial charge in [-0.05, 0) is 30.7 Å². The highest BCUT2D eigenvalue weighted by Crippen LogP contribution is 2.18. The predicted molar refractivity (Wildman–Crippen MR) is 37.9 cm³/mol. The molecule has 0 aliphatic carbocycles. The van der Waals surface area contributed by atoms with Crippen LogP contribution in [0.3, 0.4) is 0 Å². The molecule has 1 aromatic carbocycles. The topological polar surface area (TPSA) is 20.2 Å². The van der Waals surface area contributed by atoms with E-state index in [4.69, 9.17) is 16.7 Å². The maximum absolute atomic E-state index is 8.91. The fourth-order valence-electron chi connectivity index (χ4n) is 0.717. The van der Waals surface area contributed by atoms with Gasteiger partial charge in [0.05, 0.1) is 0 Å². The zero-order valence-electron chi connectivity index (χ0n) is 5.06. The van der Waals surface area contributed by atoms with E-state index in [1.54, 1.807) is 12.1 Å². The second-order valence-electron chi connectivity index (χ2n) is 1.99. The molecule has 48 valence electrons. The largest absolute Gasteiger partial charge is 0.508 e. The van der Waals surface area contributed by atoms with Crippen LogP contribution in [0.2, 0.25) is 5.02 Å². The Labute approximate surface area is 58.9 Å². The molecule has 0 radical (unpaired) electrons. The highest BCUT2D eigenvalue weighted by Gasteiger charge is 1.91. The molecule has 0 heterocycles. The van der Waals surface area contributed by atoms with Crippen molar-refractivity contribution in [1.29, 1.82) is 0 Å². The summed E-state index contributed by atoms with van der Waals surface area (Å²) >= 11 is 5.59. The summed E-state index contributed by atoms with van der Waals surface area (Å²) in [5.74, 6) is 0.222. The SMILES string of the molecule is Cc1cc(O)cc(Cl)c1. The highest BCUT2D eigenvalue weighted by atomic mass is 35.5. The van der Waals surface area contributed by atoms with Crippen LogP contribution < -0.4 is 0 Å². The van der Waals surface area contributed by atoms with Gasteiger partial charge in [0.2, 0.25) is 0 Å². The third-order valence-corrected chi connectivity index (χ3v) is 1.25. The van der Waals surface area contributed by atoms with Crippen LogP contribution in [0.5, 0.6) is 5.75 Å². The van der Waals surface area contributed by atoms with E-state index in [2.05, 4.69) is 0 Å². The maximum Gasteiger partial charge on any atom is 0.117 e. The minimum Gasteiger partial charge on any atom is -0.508 e. The van der Waals surface area contributed by atoms with Crippen LogP contribution in [0.25, 0.3) is 0 Å². The van der Waals surface area contributed by atoms with Gasteiger partial charge >= 0.3 is 0 Å². The van der Waals surface area contributed by atoms with E-state index in [1.807, 2.05) is 6.92 Å². The summed E-state index contributed by atoms with van der Waals surface area (Å²) in [6.45, 7) is 1.88. The third-order valence-electron chi connectivity index (χ3n) is 1.03. The third kappa shape index (κ3) is 1.61. The number of phenolic OH excluding ortho intramolecular Hbond substituents is 1.